The zero-order valence-corrected chi connectivity index (χ0v) is 15.1. The lowest BCUT2D eigenvalue weighted by Gasteiger charge is -2.20. The van der Waals surface area contributed by atoms with Gasteiger partial charge < -0.3 is 9.47 Å². The molecule has 0 bridgehead atoms. The van der Waals surface area contributed by atoms with E-state index in [0.717, 1.165) is 24.2 Å². The van der Waals surface area contributed by atoms with E-state index in [2.05, 4.69) is 46.8 Å². The summed E-state index contributed by atoms with van der Waals surface area (Å²) in [5, 5.41) is 4.37. The maximum Gasteiger partial charge on any atom is 0.246 e. The van der Waals surface area contributed by atoms with E-state index in [-0.39, 0.29) is 5.91 Å². The van der Waals surface area contributed by atoms with Crippen molar-refractivity contribution in [3.05, 3.63) is 90.5 Å². The van der Waals surface area contributed by atoms with Crippen molar-refractivity contribution in [2.45, 2.75) is 19.5 Å². The van der Waals surface area contributed by atoms with Crippen LogP contribution in [-0.4, -0.2) is 31.7 Å². The van der Waals surface area contributed by atoms with Gasteiger partial charge in [-0.1, -0.05) is 36.9 Å². The Balaban J connectivity index is 1.63. The second-order valence-electron chi connectivity index (χ2n) is 6.37. The van der Waals surface area contributed by atoms with Crippen LogP contribution < -0.4 is 0 Å². The molecule has 0 spiro atoms. The topological polar surface area (TPSA) is 43.1 Å². The number of amides is 1. The van der Waals surface area contributed by atoms with Gasteiger partial charge in [0.15, 0.2) is 0 Å². The van der Waals surface area contributed by atoms with Crippen LogP contribution in [0.4, 0.5) is 0 Å². The lowest BCUT2D eigenvalue weighted by Crippen LogP contribution is -2.31. The minimum absolute atomic E-state index is 0.0586. The van der Waals surface area contributed by atoms with Crippen molar-refractivity contribution < 1.29 is 4.79 Å². The molecule has 5 heteroatoms. The standard InChI is InChI=1S/C21H24N4O/c1-3-21(26)25(14-11-20-10-12-23(2)22-20)17-19-9-13-24(16-19)15-18-7-5-4-6-8-18/h3-10,12-13,16H,1,11,14-15,17H2,2H3. The Labute approximate surface area is 154 Å². The predicted octanol–water partition coefficient (Wildman–Crippen LogP) is 3.03. The van der Waals surface area contributed by atoms with Crippen molar-refractivity contribution in [1.29, 1.82) is 0 Å². The Morgan fingerprint density at radius 3 is 2.65 bits per heavy atom. The van der Waals surface area contributed by atoms with Crippen LogP contribution in [0.2, 0.25) is 0 Å². The highest BCUT2D eigenvalue weighted by Gasteiger charge is 2.12. The molecule has 0 radical (unpaired) electrons. The van der Waals surface area contributed by atoms with Crippen molar-refractivity contribution in [3.8, 4) is 0 Å². The highest BCUT2D eigenvalue weighted by molar-refractivity contribution is 5.86. The van der Waals surface area contributed by atoms with Gasteiger partial charge in [0.1, 0.15) is 0 Å². The third-order valence-corrected chi connectivity index (χ3v) is 4.29. The van der Waals surface area contributed by atoms with Crippen LogP contribution in [0.3, 0.4) is 0 Å². The largest absolute Gasteiger partial charge is 0.350 e. The molecule has 0 fully saturated rings. The van der Waals surface area contributed by atoms with Crippen LogP contribution in [0.5, 0.6) is 0 Å². The Morgan fingerprint density at radius 2 is 1.96 bits per heavy atom. The van der Waals surface area contributed by atoms with Gasteiger partial charge in [0.05, 0.1) is 5.69 Å². The second-order valence-corrected chi connectivity index (χ2v) is 6.37. The van der Waals surface area contributed by atoms with Crippen molar-refractivity contribution >= 4 is 5.91 Å². The van der Waals surface area contributed by atoms with Crippen molar-refractivity contribution in [2.75, 3.05) is 6.54 Å². The Hall–Kier alpha value is -3.08. The van der Waals surface area contributed by atoms with E-state index in [0.29, 0.717) is 13.1 Å². The first-order valence-electron chi connectivity index (χ1n) is 8.72. The summed E-state index contributed by atoms with van der Waals surface area (Å²) >= 11 is 0. The van der Waals surface area contributed by atoms with Gasteiger partial charge in [-0.3, -0.25) is 9.48 Å². The molecule has 0 aliphatic heterocycles. The van der Waals surface area contributed by atoms with Crippen LogP contribution in [0, 0.1) is 0 Å². The summed E-state index contributed by atoms with van der Waals surface area (Å²) in [5.41, 5.74) is 3.34. The number of hydrogen-bond acceptors (Lipinski definition) is 2. The van der Waals surface area contributed by atoms with Crippen LogP contribution in [0.15, 0.2) is 73.7 Å². The lowest BCUT2D eigenvalue weighted by atomic mass is 10.2. The fraction of sp³-hybridized carbons (Fsp3) is 0.238. The van der Waals surface area contributed by atoms with Crippen molar-refractivity contribution in [1.82, 2.24) is 19.2 Å². The predicted molar refractivity (Wildman–Crippen MR) is 103 cm³/mol. The van der Waals surface area contributed by atoms with Gasteiger partial charge in [-0.05, 0) is 29.3 Å². The summed E-state index contributed by atoms with van der Waals surface area (Å²) in [7, 11) is 1.89. The number of carbonyl (C=O) groups is 1. The van der Waals surface area contributed by atoms with Gasteiger partial charge in [0, 0.05) is 51.7 Å². The van der Waals surface area contributed by atoms with Gasteiger partial charge in [0.25, 0.3) is 0 Å². The molecule has 0 unspecified atom stereocenters. The average Bonchev–Trinajstić information content (AvgIpc) is 3.27. The van der Waals surface area contributed by atoms with Gasteiger partial charge in [-0.25, -0.2) is 0 Å². The molecule has 0 N–H and O–H groups in total. The van der Waals surface area contributed by atoms with Gasteiger partial charge in [-0.15, -0.1) is 0 Å². The van der Waals surface area contributed by atoms with E-state index >= 15 is 0 Å². The van der Waals surface area contributed by atoms with Gasteiger partial charge in [0.2, 0.25) is 5.91 Å². The van der Waals surface area contributed by atoms with E-state index < -0.39 is 0 Å². The molecule has 134 valence electrons. The number of nitrogens with zero attached hydrogens (tertiary/aromatic N) is 4. The average molecular weight is 348 g/mol. The number of carbonyl (C=O) groups excluding carboxylic acids is 1. The first kappa shape index (κ1) is 17.7. The minimum Gasteiger partial charge on any atom is -0.350 e. The minimum atomic E-state index is -0.0586. The number of rotatable bonds is 8. The molecule has 0 saturated carbocycles. The molecular weight excluding hydrogens is 324 g/mol. The van der Waals surface area contributed by atoms with Crippen LogP contribution >= 0.6 is 0 Å². The molecule has 1 amide bonds. The summed E-state index contributed by atoms with van der Waals surface area (Å²) in [6, 6.07) is 14.4. The second kappa shape index (κ2) is 8.34. The van der Waals surface area contributed by atoms with E-state index in [1.54, 1.807) is 4.68 Å². The summed E-state index contributed by atoms with van der Waals surface area (Å²) in [6.07, 6.45) is 8.16. The number of aryl methyl sites for hydroxylation is 1. The fourth-order valence-electron chi connectivity index (χ4n) is 2.94. The molecule has 26 heavy (non-hydrogen) atoms. The summed E-state index contributed by atoms with van der Waals surface area (Å²) < 4.78 is 3.92. The number of benzene rings is 1. The maximum atomic E-state index is 12.2. The first-order valence-corrected chi connectivity index (χ1v) is 8.72. The van der Waals surface area contributed by atoms with E-state index in [9.17, 15) is 4.79 Å². The monoisotopic (exact) mass is 348 g/mol. The first-order chi connectivity index (χ1) is 12.6. The molecule has 0 atom stereocenters. The molecular formula is C21H24N4O. The van der Waals surface area contributed by atoms with Gasteiger partial charge >= 0.3 is 0 Å². The third kappa shape index (κ3) is 4.72. The Bertz CT molecular complexity index is 863. The summed E-state index contributed by atoms with van der Waals surface area (Å²) in [6.45, 7) is 5.64. The molecule has 0 aliphatic rings. The molecule has 2 heterocycles. The molecule has 0 aliphatic carbocycles. The summed E-state index contributed by atoms with van der Waals surface area (Å²) in [5.74, 6) is -0.0586. The SMILES string of the molecule is C=CC(=O)N(CCc1ccn(C)n1)Cc1ccn(Cc2ccccc2)c1. The van der Waals surface area contributed by atoms with E-state index in [1.807, 2.05) is 42.4 Å². The third-order valence-electron chi connectivity index (χ3n) is 4.29. The highest BCUT2D eigenvalue weighted by Crippen LogP contribution is 2.10. The number of hydrogen-bond donors (Lipinski definition) is 0. The van der Waals surface area contributed by atoms with Crippen molar-refractivity contribution in [3.63, 3.8) is 0 Å². The quantitative estimate of drug-likeness (QED) is 0.587. The smallest absolute Gasteiger partial charge is 0.246 e. The zero-order chi connectivity index (χ0) is 18.4. The molecule has 3 rings (SSSR count). The van der Waals surface area contributed by atoms with E-state index in [4.69, 9.17) is 0 Å². The molecule has 1 aromatic carbocycles. The van der Waals surface area contributed by atoms with Gasteiger partial charge in [-0.2, -0.15) is 5.10 Å². The molecule has 0 saturated heterocycles. The highest BCUT2D eigenvalue weighted by atomic mass is 16.2. The molecule has 3 aromatic rings. The molecule has 2 aromatic heterocycles. The summed E-state index contributed by atoms with van der Waals surface area (Å²) in [4.78, 5) is 14.0. The Kier molecular flexibility index (Phi) is 5.69. The number of aromatic nitrogens is 3. The fourth-order valence-corrected chi connectivity index (χ4v) is 2.94. The van der Waals surface area contributed by atoms with Crippen LogP contribution in [-0.2, 0) is 31.4 Å². The maximum absolute atomic E-state index is 12.2. The normalized spacial score (nSPS) is 10.7. The van der Waals surface area contributed by atoms with Crippen LogP contribution in [0.1, 0.15) is 16.8 Å². The van der Waals surface area contributed by atoms with Crippen LogP contribution in [0.25, 0.3) is 0 Å². The zero-order valence-electron chi connectivity index (χ0n) is 15.1. The Morgan fingerprint density at radius 1 is 1.15 bits per heavy atom. The lowest BCUT2D eigenvalue weighted by molar-refractivity contribution is -0.126. The molecule has 5 nitrogen and oxygen atoms in total. The van der Waals surface area contributed by atoms with E-state index in [1.165, 1.54) is 11.6 Å². The van der Waals surface area contributed by atoms with Crippen molar-refractivity contribution in [2.24, 2.45) is 7.05 Å².